The van der Waals surface area contributed by atoms with Crippen LogP contribution in [-0.2, 0) is 9.53 Å². The average Bonchev–Trinajstić information content (AvgIpc) is 2.32. The van der Waals surface area contributed by atoms with E-state index in [0.29, 0.717) is 6.54 Å². The lowest BCUT2D eigenvalue weighted by Gasteiger charge is -2.13. The van der Waals surface area contributed by atoms with Crippen molar-refractivity contribution in [3.05, 3.63) is 34.6 Å². The van der Waals surface area contributed by atoms with Gasteiger partial charge in [0.25, 0.3) is 5.91 Å². The van der Waals surface area contributed by atoms with Crippen LogP contribution in [-0.4, -0.2) is 24.5 Å². The van der Waals surface area contributed by atoms with Crippen molar-refractivity contribution in [2.24, 2.45) is 0 Å². The van der Waals surface area contributed by atoms with Gasteiger partial charge in [-0.15, -0.1) is 0 Å². The fraction of sp³-hybridized carbons (Fsp3) is 0.333. The highest BCUT2D eigenvalue weighted by Crippen LogP contribution is 2.16. The molecule has 4 nitrogen and oxygen atoms in total. The summed E-state index contributed by atoms with van der Waals surface area (Å²) in [5.74, 6) is -2.10. The number of likely N-dealkylation sites (N-methyl/N-ethyl adjacent to an activating group) is 1. The van der Waals surface area contributed by atoms with Gasteiger partial charge in [0.05, 0.1) is 5.56 Å². The van der Waals surface area contributed by atoms with E-state index in [0.717, 1.165) is 12.1 Å². The van der Waals surface area contributed by atoms with E-state index in [1.54, 1.807) is 6.92 Å². The second-order valence-electron chi connectivity index (χ2n) is 3.57. The van der Waals surface area contributed by atoms with Gasteiger partial charge in [-0.1, -0.05) is 11.6 Å². The monoisotopic (exact) mass is 273 g/mol. The summed E-state index contributed by atoms with van der Waals surface area (Å²) in [5, 5.41) is 2.71. The van der Waals surface area contributed by atoms with Crippen LogP contribution >= 0.6 is 11.6 Å². The molecule has 18 heavy (non-hydrogen) atoms. The highest BCUT2D eigenvalue weighted by atomic mass is 35.5. The van der Waals surface area contributed by atoms with Crippen molar-refractivity contribution >= 4 is 23.5 Å². The first-order valence-electron chi connectivity index (χ1n) is 5.39. The minimum absolute atomic E-state index is 0.217. The van der Waals surface area contributed by atoms with Crippen LogP contribution in [0.4, 0.5) is 4.39 Å². The highest BCUT2D eigenvalue weighted by molar-refractivity contribution is 6.30. The molecule has 1 rings (SSSR count). The Morgan fingerprint density at radius 2 is 2.17 bits per heavy atom. The van der Waals surface area contributed by atoms with Gasteiger partial charge in [-0.05, 0) is 32.0 Å². The van der Waals surface area contributed by atoms with Crippen LogP contribution in [0.5, 0.6) is 0 Å². The summed E-state index contributed by atoms with van der Waals surface area (Å²) < 4.78 is 18.2. The number of carbonyl (C=O) groups excluding carboxylic acids is 2. The maximum absolute atomic E-state index is 13.4. The number of amides is 1. The third kappa shape index (κ3) is 3.70. The molecule has 0 fully saturated rings. The molecule has 1 aromatic carbocycles. The molecule has 0 saturated heterocycles. The predicted molar refractivity (Wildman–Crippen MR) is 65.0 cm³/mol. The smallest absolute Gasteiger partial charge is 0.341 e. The van der Waals surface area contributed by atoms with E-state index in [4.69, 9.17) is 16.3 Å². The van der Waals surface area contributed by atoms with Gasteiger partial charge >= 0.3 is 5.97 Å². The Morgan fingerprint density at radius 1 is 1.50 bits per heavy atom. The van der Waals surface area contributed by atoms with Gasteiger partial charge in [0.2, 0.25) is 0 Å². The van der Waals surface area contributed by atoms with Crippen LogP contribution in [0, 0.1) is 5.82 Å². The van der Waals surface area contributed by atoms with Crippen molar-refractivity contribution < 1.29 is 18.7 Å². The summed E-state index contributed by atoms with van der Waals surface area (Å²) in [6.07, 6.45) is -0.990. The maximum Gasteiger partial charge on any atom is 0.341 e. The molecule has 0 saturated carbocycles. The molecule has 0 aliphatic rings. The SMILES string of the molecule is CCNC(=O)C(C)OC(=O)c1cc(Cl)ccc1F. The van der Waals surface area contributed by atoms with E-state index in [9.17, 15) is 14.0 Å². The van der Waals surface area contributed by atoms with E-state index in [2.05, 4.69) is 5.32 Å². The second kappa shape index (κ2) is 6.35. The number of halogens is 2. The third-order valence-corrected chi connectivity index (χ3v) is 2.39. The number of hydrogen-bond acceptors (Lipinski definition) is 3. The molecule has 0 spiro atoms. The zero-order valence-corrected chi connectivity index (χ0v) is 10.8. The van der Waals surface area contributed by atoms with Crippen molar-refractivity contribution in [2.45, 2.75) is 20.0 Å². The lowest BCUT2D eigenvalue weighted by molar-refractivity contribution is -0.128. The Balaban J connectivity index is 2.76. The van der Waals surface area contributed by atoms with Gasteiger partial charge < -0.3 is 10.1 Å². The topological polar surface area (TPSA) is 55.4 Å². The Labute approximate surface area is 109 Å². The van der Waals surface area contributed by atoms with E-state index < -0.39 is 23.8 Å². The largest absolute Gasteiger partial charge is 0.449 e. The first-order chi connectivity index (χ1) is 8.45. The van der Waals surface area contributed by atoms with Crippen LogP contribution in [0.25, 0.3) is 0 Å². The van der Waals surface area contributed by atoms with Crippen LogP contribution in [0.15, 0.2) is 18.2 Å². The Kier molecular flexibility index (Phi) is 5.09. The van der Waals surface area contributed by atoms with E-state index in [1.807, 2.05) is 0 Å². The minimum atomic E-state index is -0.990. The molecule has 1 unspecified atom stereocenters. The number of ether oxygens (including phenoxy) is 1. The zero-order chi connectivity index (χ0) is 13.7. The van der Waals surface area contributed by atoms with Gasteiger partial charge in [-0.25, -0.2) is 9.18 Å². The molecule has 6 heteroatoms. The Morgan fingerprint density at radius 3 is 2.78 bits per heavy atom. The molecule has 0 aromatic heterocycles. The van der Waals surface area contributed by atoms with Gasteiger partial charge in [-0.2, -0.15) is 0 Å². The third-order valence-electron chi connectivity index (χ3n) is 2.15. The molecule has 98 valence electrons. The van der Waals surface area contributed by atoms with Gasteiger partial charge in [0.1, 0.15) is 5.82 Å². The van der Waals surface area contributed by atoms with E-state index >= 15 is 0 Å². The summed E-state index contributed by atoms with van der Waals surface area (Å²) in [7, 11) is 0. The lowest BCUT2D eigenvalue weighted by Crippen LogP contribution is -2.35. The van der Waals surface area contributed by atoms with Crippen LogP contribution in [0.1, 0.15) is 24.2 Å². The quantitative estimate of drug-likeness (QED) is 0.856. The first kappa shape index (κ1) is 14.4. The van der Waals surface area contributed by atoms with Crippen molar-refractivity contribution in [2.75, 3.05) is 6.54 Å². The molecule has 1 aromatic rings. The van der Waals surface area contributed by atoms with Crippen molar-refractivity contribution in [3.63, 3.8) is 0 Å². The molecule has 1 atom stereocenters. The number of nitrogens with one attached hydrogen (secondary N) is 1. The molecule has 1 N–H and O–H groups in total. The molecule has 0 aliphatic carbocycles. The molecule has 0 aliphatic heterocycles. The molecular weight excluding hydrogens is 261 g/mol. The highest BCUT2D eigenvalue weighted by Gasteiger charge is 2.20. The standard InChI is InChI=1S/C12H13ClFNO3/c1-3-15-11(16)7(2)18-12(17)9-6-8(13)4-5-10(9)14/h4-7H,3H2,1-2H3,(H,15,16). The van der Waals surface area contributed by atoms with E-state index in [1.165, 1.54) is 13.0 Å². The van der Waals surface area contributed by atoms with Gasteiger partial charge in [0.15, 0.2) is 6.10 Å². The summed E-state index contributed by atoms with van der Waals surface area (Å²) in [6, 6.07) is 3.54. The summed E-state index contributed by atoms with van der Waals surface area (Å²) in [5.41, 5.74) is -0.293. The average molecular weight is 274 g/mol. The van der Waals surface area contributed by atoms with E-state index in [-0.39, 0.29) is 10.6 Å². The first-order valence-corrected chi connectivity index (χ1v) is 5.77. The molecule has 0 heterocycles. The number of esters is 1. The molecule has 1 amide bonds. The molecular formula is C12H13ClFNO3. The second-order valence-corrected chi connectivity index (χ2v) is 4.00. The van der Waals surface area contributed by atoms with Crippen LogP contribution in [0.3, 0.4) is 0 Å². The number of hydrogen-bond donors (Lipinski definition) is 1. The normalized spacial score (nSPS) is 11.8. The molecule has 0 radical (unpaired) electrons. The summed E-state index contributed by atoms with van der Waals surface area (Å²) in [6.45, 7) is 3.57. The number of benzene rings is 1. The summed E-state index contributed by atoms with van der Waals surface area (Å²) in [4.78, 5) is 23.0. The van der Waals surface area contributed by atoms with Crippen LogP contribution in [0.2, 0.25) is 5.02 Å². The van der Waals surface area contributed by atoms with Gasteiger partial charge in [-0.3, -0.25) is 4.79 Å². The van der Waals surface area contributed by atoms with Crippen molar-refractivity contribution in [1.82, 2.24) is 5.32 Å². The minimum Gasteiger partial charge on any atom is -0.449 e. The number of rotatable bonds is 4. The van der Waals surface area contributed by atoms with Crippen molar-refractivity contribution in [3.8, 4) is 0 Å². The fourth-order valence-corrected chi connectivity index (χ4v) is 1.42. The predicted octanol–water partition coefficient (Wildman–Crippen LogP) is 2.16. The fourth-order valence-electron chi connectivity index (χ4n) is 1.25. The number of carbonyl (C=O) groups is 2. The van der Waals surface area contributed by atoms with Crippen molar-refractivity contribution in [1.29, 1.82) is 0 Å². The Hall–Kier alpha value is -1.62. The van der Waals surface area contributed by atoms with Gasteiger partial charge in [0, 0.05) is 11.6 Å². The summed E-state index contributed by atoms with van der Waals surface area (Å²) >= 11 is 5.66. The lowest BCUT2D eigenvalue weighted by atomic mass is 10.2. The Bertz CT molecular complexity index is 465. The maximum atomic E-state index is 13.4. The molecule has 0 bridgehead atoms. The van der Waals surface area contributed by atoms with Crippen LogP contribution < -0.4 is 5.32 Å². The zero-order valence-electron chi connectivity index (χ0n) is 10.00.